The fourth-order valence-corrected chi connectivity index (χ4v) is 3.56. The highest BCUT2D eigenvalue weighted by molar-refractivity contribution is 6.19. The summed E-state index contributed by atoms with van der Waals surface area (Å²) < 4.78 is 6.01. The third-order valence-electron chi connectivity index (χ3n) is 5.45. The molecule has 0 saturated heterocycles. The SMILES string of the molecule is CC.CO[NH2+]c1cc(C)c(C)cc1-c1ccc(/C=C2\C(=O)N(CCCO)C(=O)C(C#N)=C2C)o1. The Hall–Kier alpha value is -3.51. The molecule has 0 aliphatic carbocycles. The molecular weight excluding hydrogens is 434 g/mol. The van der Waals surface area contributed by atoms with Crippen LogP contribution in [0.3, 0.4) is 0 Å². The molecule has 0 spiro atoms. The largest absolute Gasteiger partial charge is 0.456 e. The van der Waals surface area contributed by atoms with Crippen molar-refractivity contribution in [3.63, 3.8) is 0 Å². The van der Waals surface area contributed by atoms with Gasteiger partial charge in [0, 0.05) is 24.8 Å². The number of imide groups is 1. The number of aliphatic hydroxyl groups is 1. The van der Waals surface area contributed by atoms with Crippen LogP contribution in [0.2, 0.25) is 0 Å². The zero-order valence-corrected chi connectivity index (χ0v) is 20.6. The van der Waals surface area contributed by atoms with Crippen molar-refractivity contribution in [1.29, 1.82) is 5.26 Å². The second-order valence-electron chi connectivity index (χ2n) is 7.59. The molecule has 8 heteroatoms. The zero-order chi connectivity index (χ0) is 25.4. The minimum Gasteiger partial charge on any atom is -0.456 e. The Morgan fingerprint density at radius 2 is 1.82 bits per heavy atom. The molecule has 180 valence electrons. The molecule has 1 aliphatic heterocycles. The molecule has 3 rings (SSSR count). The number of aryl methyl sites for hydroxylation is 2. The Labute approximate surface area is 200 Å². The smallest absolute Gasteiger partial charge is 0.271 e. The molecule has 0 radical (unpaired) electrons. The van der Waals surface area contributed by atoms with E-state index in [-0.39, 0.29) is 30.7 Å². The molecule has 1 aromatic heterocycles. The molecule has 1 aliphatic rings. The van der Waals surface area contributed by atoms with E-state index < -0.39 is 11.8 Å². The van der Waals surface area contributed by atoms with Gasteiger partial charge in [-0.25, -0.2) is 4.84 Å². The van der Waals surface area contributed by atoms with Gasteiger partial charge in [0.15, 0.2) is 5.69 Å². The lowest BCUT2D eigenvalue weighted by Crippen LogP contribution is -2.76. The first-order valence-electron chi connectivity index (χ1n) is 11.2. The van der Waals surface area contributed by atoms with E-state index in [4.69, 9.17) is 14.4 Å². The van der Waals surface area contributed by atoms with Gasteiger partial charge in [-0.15, -0.1) is 0 Å². The van der Waals surface area contributed by atoms with Crippen LogP contribution >= 0.6 is 0 Å². The van der Waals surface area contributed by atoms with Gasteiger partial charge < -0.3 is 9.52 Å². The summed E-state index contributed by atoms with van der Waals surface area (Å²) in [5.41, 5.74) is 6.00. The summed E-state index contributed by atoms with van der Waals surface area (Å²) in [6.07, 6.45) is 1.77. The number of carbonyl (C=O) groups is 2. The molecule has 0 saturated carbocycles. The second-order valence-corrected chi connectivity index (χ2v) is 7.59. The number of nitriles is 1. The predicted octanol–water partition coefficient (Wildman–Crippen LogP) is 3.32. The molecule has 0 unspecified atom stereocenters. The van der Waals surface area contributed by atoms with Gasteiger partial charge >= 0.3 is 0 Å². The molecule has 2 heterocycles. The van der Waals surface area contributed by atoms with Crippen molar-refractivity contribution >= 4 is 23.6 Å². The average molecular weight is 467 g/mol. The average Bonchev–Trinajstić information content (AvgIpc) is 3.29. The maximum Gasteiger partial charge on any atom is 0.271 e. The van der Waals surface area contributed by atoms with E-state index in [0.717, 1.165) is 27.3 Å². The van der Waals surface area contributed by atoms with Crippen molar-refractivity contribution in [2.24, 2.45) is 0 Å². The lowest BCUT2D eigenvalue weighted by Gasteiger charge is -2.27. The predicted molar refractivity (Wildman–Crippen MR) is 128 cm³/mol. The van der Waals surface area contributed by atoms with E-state index in [0.29, 0.717) is 17.1 Å². The summed E-state index contributed by atoms with van der Waals surface area (Å²) in [7, 11) is 1.58. The highest BCUT2D eigenvalue weighted by Crippen LogP contribution is 2.32. The summed E-state index contributed by atoms with van der Waals surface area (Å²) in [5, 5.41) is 18.5. The molecule has 0 atom stereocenters. The fourth-order valence-electron chi connectivity index (χ4n) is 3.56. The zero-order valence-electron chi connectivity index (χ0n) is 20.6. The molecule has 0 fully saturated rings. The van der Waals surface area contributed by atoms with Crippen LogP contribution in [0, 0.1) is 25.2 Å². The van der Waals surface area contributed by atoms with Gasteiger partial charge in [-0.05, 0) is 68.2 Å². The number of nitrogens with zero attached hydrogens (tertiary/aromatic N) is 2. The number of quaternary nitrogens is 1. The van der Waals surface area contributed by atoms with Crippen molar-refractivity contribution in [1.82, 2.24) is 4.90 Å². The number of hydrogen-bond donors (Lipinski definition) is 2. The van der Waals surface area contributed by atoms with Crippen LogP contribution in [0.5, 0.6) is 0 Å². The van der Waals surface area contributed by atoms with Crippen molar-refractivity contribution in [2.45, 2.75) is 41.0 Å². The van der Waals surface area contributed by atoms with Crippen molar-refractivity contribution in [3.8, 4) is 17.4 Å². The molecular formula is C26H32N3O5+. The van der Waals surface area contributed by atoms with Crippen LogP contribution in [0.15, 0.2) is 45.4 Å². The Kier molecular flexibility index (Phi) is 9.51. The number of amides is 2. The monoisotopic (exact) mass is 466 g/mol. The highest BCUT2D eigenvalue weighted by Gasteiger charge is 2.35. The summed E-state index contributed by atoms with van der Waals surface area (Å²) in [4.78, 5) is 31.7. The lowest BCUT2D eigenvalue weighted by atomic mass is 9.94. The standard InChI is InChI=1S/C24H25N3O5.C2H6/c1-14-10-19(21(26-31-4)11-15(14)2)22-7-6-17(32-22)12-18-16(3)20(13-25)24(30)27(23(18)29)8-5-9-28;1-2/h6-7,10-12,26,28H,5,8-9H2,1-4H3;1-2H3/p+1/b18-12-;. The Morgan fingerprint density at radius 3 is 2.44 bits per heavy atom. The Morgan fingerprint density at radius 1 is 1.15 bits per heavy atom. The quantitative estimate of drug-likeness (QED) is 0.280. The van der Waals surface area contributed by atoms with Gasteiger partial charge in [0.1, 0.15) is 23.2 Å². The van der Waals surface area contributed by atoms with Gasteiger partial charge in [0.05, 0.1) is 12.7 Å². The minimum absolute atomic E-state index is 0.0340. The normalized spacial score (nSPS) is 14.9. The Bertz CT molecular complexity index is 1170. The van der Waals surface area contributed by atoms with E-state index >= 15 is 0 Å². The number of benzene rings is 1. The third-order valence-corrected chi connectivity index (χ3v) is 5.45. The van der Waals surface area contributed by atoms with Crippen molar-refractivity contribution < 1.29 is 29.4 Å². The van der Waals surface area contributed by atoms with Gasteiger partial charge in [-0.1, -0.05) is 13.8 Å². The summed E-state index contributed by atoms with van der Waals surface area (Å²) in [6.45, 7) is 9.47. The van der Waals surface area contributed by atoms with E-state index in [1.807, 2.05) is 45.9 Å². The number of hydrogen-bond acceptors (Lipinski definition) is 6. The number of carbonyl (C=O) groups excluding carboxylic acids is 2. The van der Waals surface area contributed by atoms with Crippen LogP contribution in [0.4, 0.5) is 5.69 Å². The molecule has 1 aromatic carbocycles. The maximum absolute atomic E-state index is 13.0. The van der Waals surface area contributed by atoms with Crippen LogP contribution in [0.25, 0.3) is 17.4 Å². The summed E-state index contributed by atoms with van der Waals surface area (Å²) in [6, 6.07) is 9.45. The molecule has 34 heavy (non-hydrogen) atoms. The van der Waals surface area contributed by atoms with Crippen molar-refractivity contribution in [2.75, 3.05) is 20.3 Å². The van der Waals surface area contributed by atoms with Crippen molar-refractivity contribution in [3.05, 3.63) is 57.9 Å². The number of aliphatic hydroxyl groups excluding tert-OH is 1. The van der Waals surface area contributed by atoms with Crippen LogP contribution < -0.4 is 5.48 Å². The van der Waals surface area contributed by atoms with Gasteiger partial charge in [0.25, 0.3) is 11.8 Å². The minimum atomic E-state index is -0.643. The highest BCUT2D eigenvalue weighted by atomic mass is 16.6. The Balaban J connectivity index is 0.00000199. The van der Waals surface area contributed by atoms with E-state index in [2.05, 4.69) is 0 Å². The second kappa shape index (κ2) is 12.1. The van der Waals surface area contributed by atoms with Crippen LogP contribution in [-0.4, -0.2) is 42.1 Å². The van der Waals surface area contributed by atoms with E-state index in [1.54, 1.807) is 31.6 Å². The summed E-state index contributed by atoms with van der Waals surface area (Å²) >= 11 is 0. The summed E-state index contributed by atoms with van der Waals surface area (Å²) in [5.74, 6) is -0.145. The lowest BCUT2D eigenvalue weighted by molar-refractivity contribution is -0.829. The fraction of sp³-hybridized carbons (Fsp3) is 0.346. The molecule has 8 nitrogen and oxygen atoms in total. The maximum atomic E-state index is 13.0. The molecule has 0 bridgehead atoms. The first-order chi connectivity index (χ1) is 16.3. The number of rotatable bonds is 7. The van der Waals surface area contributed by atoms with Gasteiger partial charge in [-0.2, -0.15) is 10.7 Å². The van der Waals surface area contributed by atoms with Crippen LogP contribution in [0.1, 0.15) is 44.1 Å². The number of furan rings is 1. The molecule has 2 aromatic rings. The van der Waals surface area contributed by atoms with E-state index in [9.17, 15) is 14.9 Å². The third kappa shape index (κ3) is 5.51. The first kappa shape index (κ1) is 26.7. The topological polar surface area (TPSA) is 120 Å². The van der Waals surface area contributed by atoms with E-state index in [1.165, 1.54) is 6.08 Å². The molecule has 3 N–H and O–H groups in total. The van der Waals surface area contributed by atoms with Gasteiger partial charge in [-0.3, -0.25) is 14.5 Å². The first-order valence-corrected chi connectivity index (χ1v) is 11.2. The van der Waals surface area contributed by atoms with Gasteiger partial charge in [0.2, 0.25) is 0 Å². The molecule has 2 amide bonds. The number of nitrogens with two attached hydrogens (primary N) is 1. The van der Waals surface area contributed by atoms with Crippen LogP contribution in [-0.2, 0) is 14.4 Å².